The lowest BCUT2D eigenvalue weighted by Crippen LogP contribution is -2.37. The van der Waals surface area contributed by atoms with Gasteiger partial charge in [-0.25, -0.2) is 4.98 Å². The lowest BCUT2D eigenvalue weighted by atomic mass is 10.0. The molecule has 0 aromatic carbocycles. The second-order valence-corrected chi connectivity index (χ2v) is 6.83. The summed E-state index contributed by atoms with van der Waals surface area (Å²) >= 11 is 0. The Bertz CT molecular complexity index is 576. The van der Waals surface area contributed by atoms with Gasteiger partial charge in [-0.1, -0.05) is 6.42 Å². The first kappa shape index (κ1) is 17.2. The van der Waals surface area contributed by atoms with E-state index < -0.39 is 0 Å². The molecular weight excluding hydrogens is 306 g/mol. The summed E-state index contributed by atoms with van der Waals surface area (Å²) in [6.45, 7) is 7.46. The number of morpholine rings is 1. The van der Waals surface area contributed by atoms with Gasteiger partial charge < -0.3 is 20.1 Å². The number of hydrogen-bond acceptors (Lipinski definition) is 5. The SMILES string of the molecule is Cc1cc(N2CCOCC2)nc(C)c1C(=O)NCC1CCCC1O. The third kappa shape index (κ3) is 3.70. The Morgan fingerprint density at radius 1 is 1.38 bits per heavy atom. The van der Waals surface area contributed by atoms with Gasteiger partial charge in [-0.3, -0.25) is 4.79 Å². The van der Waals surface area contributed by atoms with Gasteiger partial charge in [-0.15, -0.1) is 0 Å². The summed E-state index contributed by atoms with van der Waals surface area (Å²) in [4.78, 5) is 19.4. The molecule has 1 saturated carbocycles. The highest BCUT2D eigenvalue weighted by Crippen LogP contribution is 2.25. The van der Waals surface area contributed by atoms with Crippen molar-refractivity contribution in [2.75, 3.05) is 37.7 Å². The summed E-state index contributed by atoms with van der Waals surface area (Å²) in [6.07, 6.45) is 2.58. The summed E-state index contributed by atoms with van der Waals surface area (Å²) in [5, 5.41) is 12.9. The molecule has 0 spiro atoms. The van der Waals surface area contributed by atoms with Crippen LogP contribution in [0, 0.1) is 19.8 Å². The standard InChI is InChI=1S/C18H27N3O3/c1-12-10-16(21-6-8-24-9-7-21)20-13(2)17(12)18(23)19-11-14-4-3-5-15(14)22/h10,14-15,22H,3-9,11H2,1-2H3,(H,19,23). The molecular formula is C18H27N3O3. The molecule has 3 rings (SSSR count). The maximum Gasteiger partial charge on any atom is 0.253 e. The van der Waals surface area contributed by atoms with Crippen LogP contribution in [0.25, 0.3) is 0 Å². The highest BCUT2D eigenvalue weighted by Gasteiger charge is 2.26. The third-order valence-electron chi connectivity index (χ3n) is 5.09. The van der Waals surface area contributed by atoms with Crippen molar-refractivity contribution in [3.05, 3.63) is 22.9 Å². The minimum atomic E-state index is -0.283. The highest BCUT2D eigenvalue weighted by atomic mass is 16.5. The number of anilines is 1. The Hall–Kier alpha value is -1.66. The maximum atomic E-state index is 12.6. The van der Waals surface area contributed by atoms with E-state index in [1.807, 2.05) is 19.9 Å². The molecule has 24 heavy (non-hydrogen) atoms. The molecule has 2 atom stereocenters. The fraction of sp³-hybridized carbons (Fsp3) is 0.667. The molecule has 1 aliphatic heterocycles. The van der Waals surface area contributed by atoms with Crippen molar-refractivity contribution in [2.24, 2.45) is 5.92 Å². The molecule has 1 amide bonds. The molecule has 2 N–H and O–H groups in total. The fourth-order valence-corrected chi connectivity index (χ4v) is 3.68. The Morgan fingerprint density at radius 3 is 2.75 bits per heavy atom. The van der Waals surface area contributed by atoms with Crippen molar-refractivity contribution < 1.29 is 14.6 Å². The van der Waals surface area contributed by atoms with E-state index >= 15 is 0 Å². The van der Waals surface area contributed by atoms with E-state index in [9.17, 15) is 9.90 Å². The Labute approximate surface area is 143 Å². The number of rotatable bonds is 4. The molecule has 6 nitrogen and oxygen atoms in total. The van der Waals surface area contributed by atoms with E-state index in [4.69, 9.17) is 4.74 Å². The molecule has 0 radical (unpaired) electrons. The van der Waals surface area contributed by atoms with Crippen LogP contribution in [0.15, 0.2) is 6.07 Å². The van der Waals surface area contributed by atoms with Gasteiger partial charge in [0.15, 0.2) is 0 Å². The Kier molecular flexibility index (Phi) is 5.36. The van der Waals surface area contributed by atoms with Crippen molar-refractivity contribution in [1.29, 1.82) is 0 Å². The maximum absolute atomic E-state index is 12.6. The van der Waals surface area contributed by atoms with E-state index in [0.717, 1.165) is 49.4 Å². The van der Waals surface area contributed by atoms with E-state index in [-0.39, 0.29) is 17.9 Å². The normalized spacial score (nSPS) is 24.2. The zero-order chi connectivity index (χ0) is 17.1. The van der Waals surface area contributed by atoms with Gasteiger partial charge in [0.1, 0.15) is 5.82 Å². The number of carbonyl (C=O) groups is 1. The molecule has 1 aromatic heterocycles. The van der Waals surface area contributed by atoms with Gasteiger partial charge >= 0.3 is 0 Å². The van der Waals surface area contributed by atoms with Crippen LogP contribution in [0.1, 0.15) is 40.9 Å². The van der Waals surface area contributed by atoms with Crippen molar-refractivity contribution in [3.63, 3.8) is 0 Å². The van der Waals surface area contributed by atoms with Crippen LogP contribution in [0.2, 0.25) is 0 Å². The first-order valence-corrected chi connectivity index (χ1v) is 8.83. The quantitative estimate of drug-likeness (QED) is 0.872. The van der Waals surface area contributed by atoms with Crippen LogP contribution in [-0.4, -0.2) is 54.9 Å². The van der Waals surface area contributed by atoms with Gasteiger partial charge in [0.05, 0.1) is 30.6 Å². The summed E-state index contributed by atoms with van der Waals surface area (Å²) in [5.74, 6) is 0.997. The highest BCUT2D eigenvalue weighted by molar-refractivity contribution is 5.96. The number of aromatic nitrogens is 1. The molecule has 2 aliphatic rings. The predicted octanol–water partition coefficient (Wildman–Crippen LogP) is 1.43. The zero-order valence-corrected chi connectivity index (χ0v) is 14.5. The van der Waals surface area contributed by atoms with Crippen molar-refractivity contribution in [1.82, 2.24) is 10.3 Å². The van der Waals surface area contributed by atoms with Crippen LogP contribution in [0.4, 0.5) is 5.82 Å². The molecule has 132 valence electrons. The van der Waals surface area contributed by atoms with Crippen molar-refractivity contribution >= 4 is 11.7 Å². The number of nitrogens with one attached hydrogen (secondary N) is 1. The van der Waals surface area contributed by atoms with Gasteiger partial charge in [0, 0.05) is 25.6 Å². The number of hydrogen-bond donors (Lipinski definition) is 2. The molecule has 2 heterocycles. The number of pyridine rings is 1. The fourth-order valence-electron chi connectivity index (χ4n) is 3.68. The van der Waals surface area contributed by atoms with E-state index in [2.05, 4.69) is 15.2 Å². The largest absolute Gasteiger partial charge is 0.393 e. The number of carbonyl (C=O) groups excluding carboxylic acids is 1. The molecule has 1 saturated heterocycles. The average Bonchev–Trinajstić information content (AvgIpc) is 2.98. The number of aliphatic hydroxyl groups excluding tert-OH is 1. The molecule has 2 fully saturated rings. The predicted molar refractivity (Wildman–Crippen MR) is 92.4 cm³/mol. The molecule has 1 aliphatic carbocycles. The van der Waals surface area contributed by atoms with Crippen LogP contribution >= 0.6 is 0 Å². The number of amides is 1. The first-order valence-electron chi connectivity index (χ1n) is 8.83. The van der Waals surface area contributed by atoms with Gasteiger partial charge in [-0.05, 0) is 38.3 Å². The smallest absolute Gasteiger partial charge is 0.253 e. The number of nitrogens with zero attached hydrogens (tertiary/aromatic N) is 2. The summed E-state index contributed by atoms with van der Waals surface area (Å²) < 4.78 is 5.38. The molecule has 6 heteroatoms. The second kappa shape index (κ2) is 7.49. The number of aryl methyl sites for hydroxylation is 2. The third-order valence-corrected chi connectivity index (χ3v) is 5.09. The van der Waals surface area contributed by atoms with Crippen molar-refractivity contribution in [2.45, 2.75) is 39.2 Å². The van der Waals surface area contributed by atoms with Gasteiger partial charge in [-0.2, -0.15) is 0 Å². The summed E-state index contributed by atoms with van der Waals surface area (Å²) in [5.41, 5.74) is 2.34. The van der Waals surface area contributed by atoms with Gasteiger partial charge in [0.2, 0.25) is 0 Å². The first-order chi connectivity index (χ1) is 11.6. The van der Waals surface area contributed by atoms with Crippen LogP contribution in [0.5, 0.6) is 0 Å². The monoisotopic (exact) mass is 333 g/mol. The number of ether oxygens (including phenoxy) is 1. The van der Waals surface area contributed by atoms with E-state index in [0.29, 0.717) is 25.3 Å². The topological polar surface area (TPSA) is 74.7 Å². The molecule has 0 bridgehead atoms. The van der Waals surface area contributed by atoms with Gasteiger partial charge in [0.25, 0.3) is 5.91 Å². The van der Waals surface area contributed by atoms with Crippen molar-refractivity contribution in [3.8, 4) is 0 Å². The molecule has 1 aromatic rings. The van der Waals surface area contributed by atoms with Crippen LogP contribution < -0.4 is 10.2 Å². The lowest BCUT2D eigenvalue weighted by molar-refractivity contribution is 0.0915. The zero-order valence-electron chi connectivity index (χ0n) is 14.5. The second-order valence-electron chi connectivity index (χ2n) is 6.83. The number of aliphatic hydroxyl groups is 1. The molecule has 2 unspecified atom stereocenters. The van der Waals surface area contributed by atoms with E-state index in [1.54, 1.807) is 0 Å². The Balaban J connectivity index is 1.69. The van der Waals surface area contributed by atoms with Crippen LogP contribution in [0.3, 0.4) is 0 Å². The minimum Gasteiger partial charge on any atom is -0.393 e. The Morgan fingerprint density at radius 2 is 2.12 bits per heavy atom. The van der Waals surface area contributed by atoms with E-state index in [1.165, 1.54) is 0 Å². The summed E-state index contributed by atoms with van der Waals surface area (Å²) in [7, 11) is 0. The summed E-state index contributed by atoms with van der Waals surface area (Å²) in [6, 6.07) is 1.98. The lowest BCUT2D eigenvalue weighted by Gasteiger charge is -2.28. The van der Waals surface area contributed by atoms with Crippen LogP contribution in [-0.2, 0) is 4.74 Å². The average molecular weight is 333 g/mol. The minimum absolute atomic E-state index is 0.0925.